The molecule has 3 rings (SSSR count). The maximum absolute atomic E-state index is 12.8. The molecule has 2 N–H and O–H groups in total. The van der Waals surface area contributed by atoms with Gasteiger partial charge in [0.15, 0.2) is 11.5 Å². The molecule has 2 amide bonds. The third-order valence-corrected chi connectivity index (χ3v) is 5.97. The summed E-state index contributed by atoms with van der Waals surface area (Å²) in [6.45, 7) is 6.60. The Morgan fingerprint density at radius 1 is 1.29 bits per heavy atom. The van der Waals surface area contributed by atoms with Crippen molar-refractivity contribution in [2.45, 2.75) is 52.2 Å². The summed E-state index contributed by atoms with van der Waals surface area (Å²) in [6.07, 6.45) is 2.49. The lowest BCUT2D eigenvalue weighted by Crippen LogP contribution is -2.42. The number of ether oxygens (including phenoxy) is 2. The number of amides is 2. The molecule has 0 spiro atoms. The molecule has 154 valence electrons. The molecular weight excluding hydrogens is 360 g/mol. The van der Waals surface area contributed by atoms with Gasteiger partial charge in [0, 0.05) is 13.1 Å². The van der Waals surface area contributed by atoms with Gasteiger partial charge >= 0.3 is 12.0 Å². The zero-order valence-corrected chi connectivity index (χ0v) is 17.0. The van der Waals surface area contributed by atoms with Crippen molar-refractivity contribution in [3.63, 3.8) is 0 Å². The molecule has 1 aliphatic carbocycles. The van der Waals surface area contributed by atoms with Gasteiger partial charge in [0.05, 0.1) is 24.7 Å². The van der Waals surface area contributed by atoms with Crippen LogP contribution in [0.25, 0.3) is 0 Å². The summed E-state index contributed by atoms with van der Waals surface area (Å²) in [5.74, 6) is 0.561. The Hall–Kier alpha value is -2.44. The SMILES string of the molecule is COc1cc(C(C)NC(=O)N2C[C@@H]3CCC[C@@]3(C(=O)O)C2)ccc1OC(C)C. The number of benzene rings is 1. The van der Waals surface area contributed by atoms with Crippen molar-refractivity contribution in [2.75, 3.05) is 20.2 Å². The van der Waals surface area contributed by atoms with Crippen LogP contribution in [0.5, 0.6) is 11.5 Å². The molecular formula is C21H30N2O5. The van der Waals surface area contributed by atoms with Crippen LogP contribution in [0, 0.1) is 11.3 Å². The number of hydrogen-bond acceptors (Lipinski definition) is 4. The number of nitrogens with zero attached hydrogens (tertiary/aromatic N) is 1. The molecule has 1 heterocycles. The van der Waals surface area contributed by atoms with Gasteiger partial charge in [-0.1, -0.05) is 12.5 Å². The van der Waals surface area contributed by atoms with E-state index < -0.39 is 11.4 Å². The van der Waals surface area contributed by atoms with Gasteiger partial charge in [-0.2, -0.15) is 0 Å². The van der Waals surface area contributed by atoms with E-state index >= 15 is 0 Å². The average Bonchev–Trinajstić information content (AvgIpc) is 3.20. The molecule has 1 saturated heterocycles. The van der Waals surface area contributed by atoms with Crippen molar-refractivity contribution in [1.82, 2.24) is 10.2 Å². The fourth-order valence-electron chi connectivity index (χ4n) is 4.46. The van der Waals surface area contributed by atoms with Crippen LogP contribution in [0.1, 0.15) is 51.6 Å². The number of likely N-dealkylation sites (tertiary alicyclic amines) is 1. The quantitative estimate of drug-likeness (QED) is 0.777. The van der Waals surface area contributed by atoms with Crippen molar-refractivity contribution in [2.24, 2.45) is 11.3 Å². The molecule has 0 bridgehead atoms. The lowest BCUT2D eigenvalue weighted by molar-refractivity contribution is -0.149. The molecule has 1 aromatic rings. The molecule has 1 aliphatic heterocycles. The number of carbonyl (C=O) groups excluding carboxylic acids is 1. The summed E-state index contributed by atoms with van der Waals surface area (Å²) < 4.78 is 11.2. The molecule has 1 unspecified atom stereocenters. The van der Waals surface area contributed by atoms with E-state index in [2.05, 4.69) is 5.32 Å². The van der Waals surface area contributed by atoms with E-state index in [0.29, 0.717) is 24.5 Å². The fourth-order valence-corrected chi connectivity index (χ4v) is 4.46. The third-order valence-electron chi connectivity index (χ3n) is 5.97. The normalized spacial score (nSPS) is 24.8. The fraction of sp³-hybridized carbons (Fsp3) is 0.619. The first-order valence-corrected chi connectivity index (χ1v) is 9.90. The average molecular weight is 390 g/mol. The standard InChI is InChI=1S/C21H30N2O5/c1-13(2)28-17-8-7-15(10-18(17)27-4)14(3)22-20(26)23-11-16-6-5-9-21(16,12-23)19(24)25/h7-8,10,13-14,16H,5-6,9,11-12H2,1-4H3,(H,22,26)(H,24,25)/t14?,16-,21+/m0/s1. The van der Waals surface area contributed by atoms with Crippen molar-refractivity contribution in [3.05, 3.63) is 23.8 Å². The third kappa shape index (κ3) is 3.75. The zero-order valence-electron chi connectivity index (χ0n) is 17.0. The van der Waals surface area contributed by atoms with Gasteiger partial charge in [0.2, 0.25) is 0 Å². The van der Waals surface area contributed by atoms with Crippen LogP contribution in [0.3, 0.4) is 0 Å². The second-order valence-electron chi connectivity index (χ2n) is 8.18. The molecule has 0 aromatic heterocycles. The van der Waals surface area contributed by atoms with E-state index in [0.717, 1.165) is 18.4 Å². The smallest absolute Gasteiger partial charge is 0.317 e. The Kier molecular flexibility index (Phi) is 5.72. The van der Waals surface area contributed by atoms with Crippen LogP contribution in [-0.4, -0.2) is 48.3 Å². The molecule has 3 atom stereocenters. The number of methoxy groups -OCH3 is 1. The van der Waals surface area contributed by atoms with Crippen LogP contribution in [-0.2, 0) is 4.79 Å². The number of nitrogens with one attached hydrogen (secondary N) is 1. The predicted octanol–water partition coefficient (Wildman–Crippen LogP) is 3.44. The monoisotopic (exact) mass is 390 g/mol. The Balaban J connectivity index is 1.67. The summed E-state index contributed by atoms with van der Waals surface area (Å²) in [5, 5.41) is 12.7. The largest absolute Gasteiger partial charge is 0.493 e. The van der Waals surface area contributed by atoms with E-state index in [4.69, 9.17) is 9.47 Å². The van der Waals surface area contributed by atoms with E-state index in [-0.39, 0.29) is 30.6 Å². The minimum Gasteiger partial charge on any atom is -0.493 e. The molecule has 2 fully saturated rings. The molecule has 7 nitrogen and oxygen atoms in total. The highest BCUT2D eigenvalue weighted by Gasteiger charge is 2.55. The maximum atomic E-state index is 12.8. The molecule has 7 heteroatoms. The number of carboxylic acids is 1. The molecule has 1 aromatic carbocycles. The highest BCUT2D eigenvalue weighted by molar-refractivity contribution is 5.80. The van der Waals surface area contributed by atoms with Gasteiger partial charge in [0.1, 0.15) is 0 Å². The highest BCUT2D eigenvalue weighted by Crippen LogP contribution is 2.48. The zero-order chi connectivity index (χ0) is 20.5. The first-order chi connectivity index (χ1) is 13.3. The van der Waals surface area contributed by atoms with Crippen molar-refractivity contribution >= 4 is 12.0 Å². The lowest BCUT2D eigenvalue weighted by atomic mass is 9.81. The van der Waals surface area contributed by atoms with Crippen LogP contribution in [0.2, 0.25) is 0 Å². The van der Waals surface area contributed by atoms with Crippen molar-refractivity contribution in [1.29, 1.82) is 0 Å². The molecule has 1 saturated carbocycles. The minimum absolute atomic E-state index is 0.0352. The van der Waals surface area contributed by atoms with Crippen LogP contribution in [0.4, 0.5) is 4.79 Å². The van der Waals surface area contributed by atoms with Gasteiger partial charge in [0.25, 0.3) is 0 Å². The Morgan fingerprint density at radius 3 is 2.64 bits per heavy atom. The summed E-state index contributed by atoms with van der Waals surface area (Å²) >= 11 is 0. The minimum atomic E-state index is -0.774. The van der Waals surface area contributed by atoms with Gasteiger partial charge in [-0.15, -0.1) is 0 Å². The van der Waals surface area contributed by atoms with E-state index in [1.807, 2.05) is 39.0 Å². The van der Waals surface area contributed by atoms with Gasteiger partial charge < -0.3 is 24.8 Å². The highest BCUT2D eigenvalue weighted by atomic mass is 16.5. The summed E-state index contributed by atoms with van der Waals surface area (Å²) in [6, 6.07) is 5.15. The van der Waals surface area contributed by atoms with Gasteiger partial charge in [-0.05, 0) is 57.2 Å². The van der Waals surface area contributed by atoms with E-state index in [1.165, 1.54) is 0 Å². The van der Waals surface area contributed by atoms with Crippen LogP contribution < -0.4 is 14.8 Å². The summed E-state index contributed by atoms with van der Waals surface area (Å²) in [5.41, 5.74) is 0.133. The first kappa shape index (κ1) is 20.3. The van der Waals surface area contributed by atoms with E-state index in [9.17, 15) is 14.7 Å². The van der Waals surface area contributed by atoms with E-state index in [1.54, 1.807) is 12.0 Å². The molecule has 0 radical (unpaired) electrons. The second-order valence-corrected chi connectivity index (χ2v) is 8.18. The van der Waals surface area contributed by atoms with Crippen molar-refractivity contribution < 1.29 is 24.2 Å². The summed E-state index contributed by atoms with van der Waals surface area (Å²) in [4.78, 5) is 26.2. The summed E-state index contributed by atoms with van der Waals surface area (Å²) in [7, 11) is 1.59. The van der Waals surface area contributed by atoms with Crippen LogP contribution in [0.15, 0.2) is 18.2 Å². The Morgan fingerprint density at radius 2 is 2.04 bits per heavy atom. The maximum Gasteiger partial charge on any atom is 0.317 e. The second kappa shape index (κ2) is 7.89. The Bertz CT molecular complexity index is 750. The number of carboxylic acid groups (broad SMARTS) is 1. The van der Waals surface area contributed by atoms with Gasteiger partial charge in [-0.3, -0.25) is 4.79 Å². The van der Waals surface area contributed by atoms with Crippen molar-refractivity contribution in [3.8, 4) is 11.5 Å². The number of carbonyl (C=O) groups is 2. The topological polar surface area (TPSA) is 88.1 Å². The number of fused-ring (bicyclic) bond motifs is 1. The first-order valence-electron chi connectivity index (χ1n) is 9.90. The predicted molar refractivity (Wildman–Crippen MR) is 105 cm³/mol. The van der Waals surface area contributed by atoms with Gasteiger partial charge in [-0.25, -0.2) is 4.79 Å². The molecule has 28 heavy (non-hydrogen) atoms. The number of urea groups is 1. The lowest BCUT2D eigenvalue weighted by Gasteiger charge is -2.25. The molecule has 2 aliphatic rings. The Labute approximate surface area is 166 Å². The van der Waals surface area contributed by atoms with Crippen LogP contribution >= 0.6 is 0 Å². The number of aliphatic carboxylic acids is 1. The number of hydrogen-bond donors (Lipinski definition) is 2. The number of rotatable bonds is 6.